The summed E-state index contributed by atoms with van der Waals surface area (Å²) in [5.41, 5.74) is -0.210. The van der Waals surface area contributed by atoms with E-state index in [-0.39, 0.29) is 22.1 Å². The zero-order valence-corrected chi connectivity index (χ0v) is 9.71. The normalized spacial score (nSPS) is 9.89. The Morgan fingerprint density at radius 1 is 1.11 bits per heavy atom. The summed E-state index contributed by atoms with van der Waals surface area (Å²) in [7, 11) is 0. The van der Waals surface area contributed by atoms with E-state index in [2.05, 4.69) is 0 Å². The summed E-state index contributed by atoms with van der Waals surface area (Å²) in [6.45, 7) is 0. The average molecular weight is 266 g/mol. The van der Waals surface area contributed by atoms with Gasteiger partial charge in [0, 0.05) is 6.07 Å². The number of halogens is 3. The number of benzene rings is 2. The summed E-state index contributed by atoms with van der Waals surface area (Å²) >= 11 is 5.59. The van der Waals surface area contributed by atoms with E-state index in [0.29, 0.717) is 0 Å². The van der Waals surface area contributed by atoms with Gasteiger partial charge in [0.1, 0.15) is 34.8 Å². The Bertz CT molecular complexity index is 637. The van der Waals surface area contributed by atoms with Crippen LogP contribution in [0.5, 0.6) is 11.5 Å². The van der Waals surface area contributed by atoms with Gasteiger partial charge in [0.2, 0.25) is 0 Å². The van der Waals surface area contributed by atoms with E-state index < -0.39 is 11.6 Å². The molecule has 18 heavy (non-hydrogen) atoms. The van der Waals surface area contributed by atoms with Crippen molar-refractivity contribution < 1.29 is 13.5 Å². The van der Waals surface area contributed by atoms with Crippen LogP contribution in [0.3, 0.4) is 0 Å². The molecule has 0 fully saturated rings. The molecule has 0 bridgehead atoms. The van der Waals surface area contributed by atoms with Crippen LogP contribution in [0.25, 0.3) is 0 Å². The van der Waals surface area contributed by atoms with E-state index in [9.17, 15) is 8.78 Å². The molecule has 0 spiro atoms. The molecule has 0 saturated heterocycles. The molecule has 0 amide bonds. The molecule has 0 aliphatic rings. The monoisotopic (exact) mass is 265 g/mol. The number of nitriles is 1. The zero-order chi connectivity index (χ0) is 13.1. The fourth-order valence-electron chi connectivity index (χ4n) is 1.37. The Hall–Kier alpha value is -2.12. The SMILES string of the molecule is N#Cc1c(F)cccc1Oc1ccc(F)c(Cl)c1. The van der Waals surface area contributed by atoms with Gasteiger partial charge in [0.25, 0.3) is 0 Å². The van der Waals surface area contributed by atoms with Gasteiger partial charge in [0.15, 0.2) is 0 Å². The molecule has 0 aromatic heterocycles. The molecular weight excluding hydrogens is 260 g/mol. The predicted molar refractivity (Wildman–Crippen MR) is 62.6 cm³/mol. The first-order valence-corrected chi connectivity index (χ1v) is 5.31. The lowest BCUT2D eigenvalue weighted by Crippen LogP contribution is -1.92. The van der Waals surface area contributed by atoms with E-state index in [0.717, 1.165) is 12.1 Å². The van der Waals surface area contributed by atoms with Gasteiger partial charge in [-0.25, -0.2) is 8.78 Å². The van der Waals surface area contributed by atoms with Crippen molar-refractivity contribution in [1.82, 2.24) is 0 Å². The van der Waals surface area contributed by atoms with Crippen LogP contribution in [0.4, 0.5) is 8.78 Å². The quantitative estimate of drug-likeness (QED) is 0.812. The summed E-state index contributed by atoms with van der Waals surface area (Å²) in [4.78, 5) is 0. The Kier molecular flexibility index (Phi) is 3.45. The first-order valence-electron chi connectivity index (χ1n) is 4.93. The van der Waals surface area contributed by atoms with Crippen molar-refractivity contribution in [3.8, 4) is 17.6 Å². The molecule has 5 heteroatoms. The second-order valence-electron chi connectivity index (χ2n) is 3.40. The molecular formula is C13H6ClF2NO. The van der Waals surface area contributed by atoms with Crippen LogP contribution in [-0.2, 0) is 0 Å². The molecule has 2 rings (SSSR count). The molecule has 0 aliphatic heterocycles. The smallest absolute Gasteiger partial charge is 0.148 e. The standard InChI is InChI=1S/C13H6ClF2NO/c14-10-6-8(4-5-12(10)16)18-13-3-1-2-11(15)9(13)7-17/h1-6H. The van der Waals surface area contributed by atoms with E-state index in [1.54, 1.807) is 6.07 Å². The van der Waals surface area contributed by atoms with Gasteiger partial charge in [-0.05, 0) is 24.3 Å². The van der Waals surface area contributed by atoms with Gasteiger partial charge in [-0.2, -0.15) is 5.26 Å². The number of hydrogen-bond donors (Lipinski definition) is 0. The third-order valence-electron chi connectivity index (χ3n) is 2.21. The van der Waals surface area contributed by atoms with Crippen molar-refractivity contribution in [3.63, 3.8) is 0 Å². The van der Waals surface area contributed by atoms with Gasteiger partial charge in [-0.1, -0.05) is 17.7 Å². The van der Waals surface area contributed by atoms with Crippen molar-refractivity contribution >= 4 is 11.6 Å². The maximum Gasteiger partial charge on any atom is 0.148 e. The van der Waals surface area contributed by atoms with Crippen molar-refractivity contribution in [2.75, 3.05) is 0 Å². The maximum atomic E-state index is 13.3. The summed E-state index contributed by atoms with van der Waals surface area (Å²) < 4.78 is 31.6. The molecule has 0 heterocycles. The zero-order valence-electron chi connectivity index (χ0n) is 8.95. The van der Waals surface area contributed by atoms with Crippen LogP contribution in [0, 0.1) is 23.0 Å². The minimum Gasteiger partial charge on any atom is -0.456 e. The van der Waals surface area contributed by atoms with Crippen LogP contribution in [0.2, 0.25) is 5.02 Å². The van der Waals surface area contributed by atoms with Crippen LogP contribution >= 0.6 is 11.6 Å². The highest BCUT2D eigenvalue weighted by Crippen LogP contribution is 2.29. The molecule has 2 nitrogen and oxygen atoms in total. The maximum absolute atomic E-state index is 13.3. The van der Waals surface area contributed by atoms with Crippen molar-refractivity contribution in [2.24, 2.45) is 0 Å². The summed E-state index contributed by atoms with van der Waals surface area (Å²) in [6.07, 6.45) is 0. The van der Waals surface area contributed by atoms with Crippen molar-refractivity contribution in [3.05, 3.63) is 58.6 Å². The molecule has 0 atom stereocenters. The van der Waals surface area contributed by atoms with Crippen molar-refractivity contribution in [1.29, 1.82) is 5.26 Å². The molecule has 2 aromatic carbocycles. The van der Waals surface area contributed by atoms with Gasteiger partial charge in [-0.15, -0.1) is 0 Å². The van der Waals surface area contributed by atoms with E-state index >= 15 is 0 Å². The Balaban J connectivity index is 2.37. The highest BCUT2D eigenvalue weighted by Gasteiger charge is 2.10. The van der Waals surface area contributed by atoms with Gasteiger partial charge >= 0.3 is 0 Å². The molecule has 2 aromatic rings. The number of ether oxygens (including phenoxy) is 1. The van der Waals surface area contributed by atoms with Crippen molar-refractivity contribution in [2.45, 2.75) is 0 Å². The van der Waals surface area contributed by atoms with Gasteiger partial charge in [-0.3, -0.25) is 0 Å². The topological polar surface area (TPSA) is 33.0 Å². The van der Waals surface area contributed by atoms with Gasteiger partial charge in [0.05, 0.1) is 5.02 Å². The lowest BCUT2D eigenvalue weighted by molar-refractivity contribution is 0.472. The average Bonchev–Trinajstić information content (AvgIpc) is 2.34. The van der Waals surface area contributed by atoms with E-state index in [1.807, 2.05) is 0 Å². The summed E-state index contributed by atoms with van der Waals surface area (Å²) in [6, 6.07) is 9.44. The molecule has 0 aliphatic carbocycles. The second kappa shape index (κ2) is 5.03. The molecule has 0 N–H and O–H groups in total. The molecule has 0 unspecified atom stereocenters. The van der Waals surface area contributed by atoms with Crippen LogP contribution in [-0.4, -0.2) is 0 Å². The highest BCUT2D eigenvalue weighted by molar-refractivity contribution is 6.30. The Morgan fingerprint density at radius 2 is 1.89 bits per heavy atom. The largest absolute Gasteiger partial charge is 0.456 e. The third-order valence-corrected chi connectivity index (χ3v) is 2.50. The Labute approximate surface area is 107 Å². The first kappa shape index (κ1) is 12.3. The molecule has 0 saturated carbocycles. The third kappa shape index (κ3) is 2.41. The fraction of sp³-hybridized carbons (Fsp3) is 0. The first-order chi connectivity index (χ1) is 8.61. The summed E-state index contributed by atoms with van der Waals surface area (Å²) in [5.74, 6) is -0.976. The second-order valence-corrected chi connectivity index (χ2v) is 3.81. The van der Waals surface area contributed by atoms with E-state index in [1.165, 1.54) is 24.3 Å². The highest BCUT2D eigenvalue weighted by atomic mass is 35.5. The van der Waals surface area contributed by atoms with Crippen LogP contribution in [0.1, 0.15) is 5.56 Å². The minimum absolute atomic E-state index is 0.0557. The Morgan fingerprint density at radius 3 is 2.56 bits per heavy atom. The number of rotatable bonds is 2. The molecule has 90 valence electrons. The number of nitrogens with zero attached hydrogens (tertiary/aromatic N) is 1. The summed E-state index contributed by atoms with van der Waals surface area (Å²) in [5, 5.41) is 8.71. The number of hydrogen-bond acceptors (Lipinski definition) is 2. The fourth-order valence-corrected chi connectivity index (χ4v) is 1.54. The lowest BCUT2D eigenvalue weighted by Gasteiger charge is -2.08. The molecule has 0 radical (unpaired) electrons. The lowest BCUT2D eigenvalue weighted by atomic mass is 10.2. The predicted octanol–water partition coefficient (Wildman–Crippen LogP) is 4.28. The minimum atomic E-state index is -0.678. The van der Waals surface area contributed by atoms with Crippen LogP contribution in [0.15, 0.2) is 36.4 Å². The van der Waals surface area contributed by atoms with Crippen LogP contribution < -0.4 is 4.74 Å². The van der Waals surface area contributed by atoms with E-state index in [4.69, 9.17) is 21.6 Å². The van der Waals surface area contributed by atoms with Gasteiger partial charge < -0.3 is 4.74 Å².